The first-order valence-electron chi connectivity index (χ1n) is 8.76. The van der Waals surface area contributed by atoms with Gasteiger partial charge in [-0.15, -0.1) is 0 Å². The molecule has 5 heteroatoms. The van der Waals surface area contributed by atoms with Crippen LogP contribution in [0.2, 0.25) is 0 Å². The van der Waals surface area contributed by atoms with Gasteiger partial charge >= 0.3 is 0 Å². The van der Waals surface area contributed by atoms with Crippen LogP contribution < -0.4 is 0 Å². The van der Waals surface area contributed by atoms with Crippen LogP contribution in [0.1, 0.15) is 34.6 Å². The zero-order valence-electron chi connectivity index (χ0n) is 15.1. The van der Waals surface area contributed by atoms with Crippen molar-refractivity contribution in [1.82, 2.24) is 19.6 Å². The van der Waals surface area contributed by atoms with Gasteiger partial charge in [0.05, 0.1) is 6.54 Å². The Bertz CT molecular complexity index is 361. The molecule has 2 aliphatic heterocycles. The van der Waals surface area contributed by atoms with E-state index in [2.05, 4.69) is 54.2 Å². The molecular formula is C17H34N4O. The molecule has 2 heterocycles. The Balaban J connectivity index is 1.73. The van der Waals surface area contributed by atoms with E-state index >= 15 is 0 Å². The fourth-order valence-corrected chi connectivity index (χ4v) is 3.36. The predicted octanol–water partition coefficient (Wildman–Crippen LogP) is 0.955. The minimum absolute atomic E-state index is 0.239. The highest BCUT2D eigenvalue weighted by molar-refractivity contribution is 5.78. The Hall–Kier alpha value is -0.650. The van der Waals surface area contributed by atoms with Gasteiger partial charge in [0.2, 0.25) is 5.91 Å². The van der Waals surface area contributed by atoms with Gasteiger partial charge in [-0.2, -0.15) is 0 Å². The first-order chi connectivity index (χ1) is 10.3. The van der Waals surface area contributed by atoms with Crippen molar-refractivity contribution in [1.29, 1.82) is 0 Å². The normalized spacial score (nSPS) is 23.3. The maximum Gasteiger partial charge on any atom is 0.236 e. The summed E-state index contributed by atoms with van der Waals surface area (Å²) < 4.78 is 0. The molecule has 128 valence electrons. The van der Waals surface area contributed by atoms with Crippen LogP contribution in [-0.2, 0) is 4.79 Å². The third kappa shape index (κ3) is 4.67. The molecule has 0 atom stereocenters. The summed E-state index contributed by atoms with van der Waals surface area (Å²) in [5.74, 6) is 0.313. The van der Waals surface area contributed by atoms with Gasteiger partial charge in [-0.25, -0.2) is 0 Å². The van der Waals surface area contributed by atoms with E-state index in [1.807, 2.05) is 0 Å². The maximum atomic E-state index is 12.5. The molecule has 0 unspecified atom stereocenters. The maximum absolute atomic E-state index is 12.5. The quantitative estimate of drug-likeness (QED) is 0.776. The average Bonchev–Trinajstić information content (AvgIpc) is 2.47. The van der Waals surface area contributed by atoms with Gasteiger partial charge in [-0.1, -0.05) is 0 Å². The van der Waals surface area contributed by atoms with Crippen LogP contribution in [0.5, 0.6) is 0 Å². The lowest BCUT2D eigenvalue weighted by molar-refractivity contribution is -0.135. The van der Waals surface area contributed by atoms with E-state index in [9.17, 15) is 4.79 Å². The van der Waals surface area contributed by atoms with Crippen LogP contribution in [0.25, 0.3) is 0 Å². The van der Waals surface area contributed by atoms with E-state index < -0.39 is 0 Å². The molecule has 1 amide bonds. The summed E-state index contributed by atoms with van der Waals surface area (Å²) in [7, 11) is 0. The van der Waals surface area contributed by atoms with Gasteiger partial charge in [0.1, 0.15) is 0 Å². The molecule has 0 aromatic rings. The lowest BCUT2D eigenvalue weighted by atomic mass is 10.1. The summed E-state index contributed by atoms with van der Waals surface area (Å²) in [6.07, 6.45) is 0. The molecule has 22 heavy (non-hydrogen) atoms. The van der Waals surface area contributed by atoms with Gasteiger partial charge in [0.15, 0.2) is 0 Å². The highest BCUT2D eigenvalue weighted by Crippen LogP contribution is 2.16. The zero-order valence-corrected chi connectivity index (χ0v) is 15.1. The second kappa shape index (κ2) is 7.28. The van der Waals surface area contributed by atoms with Crippen LogP contribution >= 0.6 is 0 Å². The van der Waals surface area contributed by atoms with Crippen LogP contribution in [0, 0.1) is 0 Å². The van der Waals surface area contributed by atoms with E-state index in [4.69, 9.17) is 0 Å². The second-order valence-corrected chi connectivity index (χ2v) is 7.94. The summed E-state index contributed by atoms with van der Waals surface area (Å²) in [4.78, 5) is 21.8. The van der Waals surface area contributed by atoms with Crippen LogP contribution in [0.15, 0.2) is 0 Å². The molecule has 0 bridgehead atoms. The molecule has 2 fully saturated rings. The largest absolute Gasteiger partial charge is 0.339 e. The molecule has 5 nitrogen and oxygen atoms in total. The summed E-state index contributed by atoms with van der Waals surface area (Å²) in [6, 6.07) is 0.586. The van der Waals surface area contributed by atoms with Crippen molar-refractivity contribution in [2.75, 3.05) is 58.9 Å². The lowest BCUT2D eigenvalue weighted by Crippen LogP contribution is -2.56. The highest BCUT2D eigenvalue weighted by atomic mass is 16.2. The van der Waals surface area contributed by atoms with E-state index in [-0.39, 0.29) is 5.54 Å². The molecule has 0 spiro atoms. The smallest absolute Gasteiger partial charge is 0.236 e. The Morgan fingerprint density at radius 1 is 0.909 bits per heavy atom. The highest BCUT2D eigenvalue weighted by Gasteiger charge is 2.28. The molecule has 2 aliphatic rings. The van der Waals surface area contributed by atoms with Gasteiger partial charge in [0, 0.05) is 63.9 Å². The summed E-state index contributed by atoms with van der Waals surface area (Å²) in [6.45, 7) is 19.8. The number of nitrogens with zero attached hydrogens (tertiary/aromatic N) is 4. The van der Waals surface area contributed by atoms with E-state index in [0.29, 0.717) is 18.5 Å². The van der Waals surface area contributed by atoms with Gasteiger partial charge < -0.3 is 4.90 Å². The second-order valence-electron chi connectivity index (χ2n) is 7.94. The van der Waals surface area contributed by atoms with Crippen LogP contribution in [0.4, 0.5) is 0 Å². The van der Waals surface area contributed by atoms with Crippen molar-refractivity contribution in [2.24, 2.45) is 0 Å². The molecule has 0 aromatic carbocycles. The third-order valence-electron chi connectivity index (χ3n) is 5.08. The van der Waals surface area contributed by atoms with Crippen molar-refractivity contribution in [3.63, 3.8) is 0 Å². The first-order valence-corrected chi connectivity index (χ1v) is 8.76. The molecule has 0 aliphatic carbocycles. The van der Waals surface area contributed by atoms with E-state index in [1.165, 1.54) is 0 Å². The molecule has 0 saturated carbocycles. The molecular weight excluding hydrogens is 276 g/mol. The molecule has 2 rings (SSSR count). The van der Waals surface area contributed by atoms with Crippen molar-refractivity contribution < 1.29 is 4.79 Å². The predicted molar refractivity (Wildman–Crippen MR) is 91.1 cm³/mol. The molecule has 2 saturated heterocycles. The Morgan fingerprint density at radius 3 is 1.91 bits per heavy atom. The fraction of sp³-hybridized carbons (Fsp3) is 0.941. The number of hydrogen-bond acceptors (Lipinski definition) is 4. The number of piperazine rings is 2. The van der Waals surface area contributed by atoms with Gasteiger partial charge in [0.25, 0.3) is 0 Å². The van der Waals surface area contributed by atoms with Crippen LogP contribution in [0.3, 0.4) is 0 Å². The minimum atomic E-state index is 0.239. The SMILES string of the molecule is CC(C)N1CCN(C(=O)CN2CCN(C(C)(C)C)CC2)CC1. The summed E-state index contributed by atoms with van der Waals surface area (Å²) in [5, 5.41) is 0. The van der Waals surface area contributed by atoms with E-state index in [1.54, 1.807) is 0 Å². The van der Waals surface area contributed by atoms with Crippen molar-refractivity contribution in [3.05, 3.63) is 0 Å². The summed E-state index contributed by atoms with van der Waals surface area (Å²) >= 11 is 0. The number of rotatable bonds is 3. The van der Waals surface area contributed by atoms with E-state index in [0.717, 1.165) is 52.4 Å². The number of amides is 1. The topological polar surface area (TPSA) is 30.0 Å². The zero-order chi connectivity index (χ0) is 16.3. The van der Waals surface area contributed by atoms with Gasteiger partial charge in [-0.3, -0.25) is 19.5 Å². The first kappa shape index (κ1) is 17.7. The van der Waals surface area contributed by atoms with Crippen molar-refractivity contribution in [3.8, 4) is 0 Å². The monoisotopic (exact) mass is 310 g/mol. The number of carbonyl (C=O) groups excluding carboxylic acids is 1. The Morgan fingerprint density at radius 2 is 1.45 bits per heavy atom. The van der Waals surface area contributed by atoms with Gasteiger partial charge in [-0.05, 0) is 34.6 Å². The van der Waals surface area contributed by atoms with Crippen LogP contribution in [-0.4, -0.2) is 96.0 Å². The average molecular weight is 310 g/mol. The van der Waals surface area contributed by atoms with Crippen molar-refractivity contribution >= 4 is 5.91 Å². The van der Waals surface area contributed by atoms with Crippen molar-refractivity contribution in [2.45, 2.75) is 46.2 Å². The lowest BCUT2D eigenvalue weighted by Gasteiger charge is -2.43. The number of hydrogen-bond donors (Lipinski definition) is 0. The minimum Gasteiger partial charge on any atom is -0.339 e. The molecule has 0 radical (unpaired) electrons. The Kier molecular flexibility index (Phi) is 5.86. The fourth-order valence-electron chi connectivity index (χ4n) is 3.36. The third-order valence-corrected chi connectivity index (χ3v) is 5.08. The Labute approximate surface area is 136 Å². The summed E-state index contributed by atoms with van der Waals surface area (Å²) in [5.41, 5.74) is 0.239. The standard InChI is InChI=1S/C17H34N4O/c1-15(2)19-8-10-20(11-9-19)16(22)14-18-6-12-21(13-7-18)17(3,4)5/h15H,6-14H2,1-5H3. The number of carbonyl (C=O) groups is 1. The molecule has 0 N–H and O–H groups in total. The molecule has 0 aromatic heterocycles.